The van der Waals surface area contributed by atoms with Crippen LogP contribution in [-0.2, 0) is 20.8 Å². The van der Waals surface area contributed by atoms with Crippen LogP contribution in [0.15, 0.2) is 30.5 Å². The smallest absolute Gasteiger partial charge is 0.496 e. The Hall–Kier alpha value is -2.79. The van der Waals surface area contributed by atoms with Crippen LogP contribution in [-0.4, -0.2) is 44.3 Å². The lowest BCUT2D eigenvalue weighted by atomic mass is 10.0. The molecule has 0 atom stereocenters. The predicted molar refractivity (Wildman–Crippen MR) is 118 cm³/mol. The number of rotatable bonds is 9. The fourth-order valence-electron chi connectivity index (χ4n) is 3.59. The van der Waals surface area contributed by atoms with E-state index in [9.17, 15) is 21.6 Å². The number of alkyl halides is 3. The normalized spacial score (nSPS) is 12.3. The summed E-state index contributed by atoms with van der Waals surface area (Å²) in [5, 5.41) is 0. The highest BCUT2D eigenvalue weighted by molar-refractivity contribution is 7.85. The molecule has 0 unspecified atom stereocenters. The summed E-state index contributed by atoms with van der Waals surface area (Å²) < 4.78 is 75.9. The number of nitrogens with zero attached hydrogens (tertiary/aromatic N) is 2. The maximum Gasteiger partial charge on any atom is 0.573 e. The lowest BCUT2D eigenvalue weighted by Gasteiger charge is -2.14. The Morgan fingerprint density at radius 2 is 1.82 bits per heavy atom. The average molecular weight is 487 g/mol. The molecule has 33 heavy (non-hydrogen) atoms. The molecular formula is C22H25F3N2O5S. The predicted octanol–water partition coefficient (Wildman–Crippen LogP) is 4.98. The van der Waals surface area contributed by atoms with E-state index in [-0.39, 0.29) is 18.1 Å². The van der Waals surface area contributed by atoms with E-state index in [2.05, 4.69) is 4.74 Å². The summed E-state index contributed by atoms with van der Waals surface area (Å²) in [6, 6.07) is 5.88. The van der Waals surface area contributed by atoms with Gasteiger partial charge < -0.3 is 14.0 Å². The van der Waals surface area contributed by atoms with Gasteiger partial charge in [0.05, 0.1) is 36.7 Å². The summed E-state index contributed by atoms with van der Waals surface area (Å²) in [4.78, 5) is 4.79. The van der Waals surface area contributed by atoms with Gasteiger partial charge in [-0.2, -0.15) is 8.42 Å². The number of aromatic nitrogens is 2. The monoisotopic (exact) mass is 486 g/mol. The van der Waals surface area contributed by atoms with Gasteiger partial charge in [-0.05, 0) is 56.0 Å². The number of fused-ring (bicyclic) bond motifs is 1. The van der Waals surface area contributed by atoms with E-state index in [0.29, 0.717) is 30.6 Å². The standard InChI is InChI=1S/C22H25F3N2O5S/c1-14-11-18-21(15(2)13-27(18)9-5-6-10-31-33(4,28)29)26-20(14)17-8-7-16(12-19(17)30-3)32-22(23,24)25/h7-8,11-13H,5-6,9-10H2,1-4H3. The Morgan fingerprint density at radius 1 is 1.09 bits per heavy atom. The molecule has 0 aliphatic heterocycles. The van der Waals surface area contributed by atoms with Crippen molar-refractivity contribution in [3.63, 3.8) is 0 Å². The van der Waals surface area contributed by atoms with Crippen molar-refractivity contribution in [3.8, 4) is 22.8 Å². The molecule has 2 aromatic heterocycles. The number of halogens is 3. The molecule has 0 amide bonds. The van der Waals surface area contributed by atoms with Crippen LogP contribution in [0, 0.1) is 13.8 Å². The Labute approximate surface area is 190 Å². The molecule has 2 heterocycles. The maximum atomic E-state index is 12.6. The lowest BCUT2D eigenvalue weighted by molar-refractivity contribution is -0.274. The van der Waals surface area contributed by atoms with E-state index >= 15 is 0 Å². The number of methoxy groups -OCH3 is 1. The fourth-order valence-corrected chi connectivity index (χ4v) is 4.01. The van der Waals surface area contributed by atoms with Crippen molar-refractivity contribution in [3.05, 3.63) is 41.6 Å². The number of aryl methyl sites for hydroxylation is 3. The average Bonchev–Trinajstić information content (AvgIpc) is 2.99. The van der Waals surface area contributed by atoms with Crippen molar-refractivity contribution in [2.75, 3.05) is 20.0 Å². The summed E-state index contributed by atoms with van der Waals surface area (Å²) in [7, 11) is -2.07. The lowest BCUT2D eigenvalue weighted by Crippen LogP contribution is -2.17. The highest BCUT2D eigenvalue weighted by Gasteiger charge is 2.31. The molecule has 1 aromatic carbocycles. The molecule has 11 heteroatoms. The summed E-state index contributed by atoms with van der Waals surface area (Å²) in [5.41, 5.74) is 4.59. The van der Waals surface area contributed by atoms with Crippen molar-refractivity contribution >= 4 is 21.2 Å². The zero-order chi connectivity index (χ0) is 24.4. The first kappa shape index (κ1) is 24.8. The minimum atomic E-state index is -4.80. The van der Waals surface area contributed by atoms with E-state index < -0.39 is 16.5 Å². The maximum absolute atomic E-state index is 12.6. The SMILES string of the molecule is COc1cc(OC(F)(F)F)ccc1-c1nc2c(C)cn(CCCCOS(C)(=O)=O)c2cc1C. The molecule has 0 spiro atoms. The van der Waals surface area contributed by atoms with Crippen LogP contribution in [0.5, 0.6) is 11.5 Å². The summed E-state index contributed by atoms with van der Waals surface area (Å²) >= 11 is 0. The van der Waals surface area contributed by atoms with E-state index in [1.165, 1.54) is 25.3 Å². The number of unbranched alkanes of at least 4 members (excludes halogenated alkanes) is 1. The first-order valence-corrected chi connectivity index (χ1v) is 12.0. The van der Waals surface area contributed by atoms with Crippen molar-refractivity contribution in [1.82, 2.24) is 9.55 Å². The van der Waals surface area contributed by atoms with Gasteiger partial charge in [-0.15, -0.1) is 13.2 Å². The van der Waals surface area contributed by atoms with Gasteiger partial charge in [0.1, 0.15) is 11.5 Å². The second-order valence-electron chi connectivity index (χ2n) is 7.67. The van der Waals surface area contributed by atoms with Crippen LogP contribution < -0.4 is 9.47 Å². The van der Waals surface area contributed by atoms with Gasteiger partial charge in [-0.25, -0.2) is 4.98 Å². The molecule has 0 aliphatic rings. The molecule has 0 saturated heterocycles. The molecule has 180 valence electrons. The molecule has 0 saturated carbocycles. The summed E-state index contributed by atoms with van der Waals surface area (Å²) in [5.74, 6) is -0.154. The van der Waals surface area contributed by atoms with Gasteiger partial charge >= 0.3 is 6.36 Å². The summed E-state index contributed by atoms with van der Waals surface area (Å²) in [6.07, 6.45) is -0.506. The van der Waals surface area contributed by atoms with Crippen LogP contribution >= 0.6 is 0 Å². The van der Waals surface area contributed by atoms with Crippen LogP contribution in [0.1, 0.15) is 24.0 Å². The molecule has 0 N–H and O–H groups in total. The Kier molecular flexibility index (Phi) is 7.23. The quantitative estimate of drug-likeness (QED) is 0.313. The minimum Gasteiger partial charge on any atom is -0.496 e. The largest absolute Gasteiger partial charge is 0.573 e. The van der Waals surface area contributed by atoms with E-state index in [4.69, 9.17) is 13.9 Å². The van der Waals surface area contributed by atoms with Gasteiger partial charge in [0, 0.05) is 24.4 Å². The highest BCUT2D eigenvalue weighted by Crippen LogP contribution is 2.37. The first-order chi connectivity index (χ1) is 15.4. The minimum absolute atomic E-state index is 0.131. The zero-order valence-electron chi connectivity index (χ0n) is 18.7. The summed E-state index contributed by atoms with van der Waals surface area (Å²) in [6.45, 7) is 4.58. The molecule has 7 nitrogen and oxygen atoms in total. The van der Waals surface area contributed by atoms with E-state index in [1.807, 2.05) is 30.7 Å². The van der Waals surface area contributed by atoms with Gasteiger partial charge in [0.15, 0.2) is 0 Å². The van der Waals surface area contributed by atoms with Crippen molar-refractivity contribution in [2.45, 2.75) is 39.6 Å². The van der Waals surface area contributed by atoms with Crippen LogP contribution in [0.3, 0.4) is 0 Å². The number of hydrogen-bond donors (Lipinski definition) is 0. The van der Waals surface area contributed by atoms with Crippen molar-refractivity contribution < 1.29 is 35.2 Å². The number of ether oxygens (including phenoxy) is 2. The molecule has 0 fully saturated rings. The van der Waals surface area contributed by atoms with Crippen LogP contribution in [0.25, 0.3) is 22.3 Å². The second kappa shape index (κ2) is 9.60. The fraction of sp³-hybridized carbons (Fsp3) is 0.409. The molecule has 3 aromatic rings. The molecule has 0 radical (unpaired) electrons. The Balaban J connectivity index is 1.88. The molecular weight excluding hydrogens is 461 g/mol. The van der Waals surface area contributed by atoms with Gasteiger partial charge in [0.25, 0.3) is 10.1 Å². The third-order valence-electron chi connectivity index (χ3n) is 4.98. The van der Waals surface area contributed by atoms with Crippen LogP contribution in [0.4, 0.5) is 13.2 Å². The molecule has 0 aliphatic carbocycles. The number of pyridine rings is 1. The highest BCUT2D eigenvalue weighted by atomic mass is 32.2. The molecule has 0 bridgehead atoms. The van der Waals surface area contributed by atoms with Crippen molar-refractivity contribution in [1.29, 1.82) is 0 Å². The van der Waals surface area contributed by atoms with Crippen molar-refractivity contribution in [2.24, 2.45) is 0 Å². The third-order valence-corrected chi connectivity index (χ3v) is 5.57. The van der Waals surface area contributed by atoms with E-state index in [1.54, 1.807) is 0 Å². The van der Waals surface area contributed by atoms with Gasteiger partial charge in [0.2, 0.25) is 0 Å². The Morgan fingerprint density at radius 3 is 2.45 bits per heavy atom. The van der Waals surface area contributed by atoms with E-state index in [0.717, 1.165) is 28.4 Å². The third kappa shape index (κ3) is 6.38. The number of hydrogen-bond acceptors (Lipinski definition) is 6. The van der Waals surface area contributed by atoms with Crippen LogP contribution in [0.2, 0.25) is 0 Å². The number of benzene rings is 1. The second-order valence-corrected chi connectivity index (χ2v) is 9.31. The van der Waals surface area contributed by atoms with Gasteiger partial charge in [-0.1, -0.05) is 0 Å². The zero-order valence-corrected chi connectivity index (χ0v) is 19.5. The Bertz CT molecular complexity index is 1250. The first-order valence-electron chi connectivity index (χ1n) is 10.1. The molecule has 3 rings (SSSR count). The topological polar surface area (TPSA) is 79.7 Å². The van der Waals surface area contributed by atoms with Gasteiger partial charge in [-0.3, -0.25) is 4.18 Å².